The van der Waals surface area contributed by atoms with Crippen LogP contribution in [0.2, 0.25) is 0 Å². The molecule has 2 rings (SSSR count). The van der Waals surface area contributed by atoms with Crippen LogP contribution < -0.4 is 0 Å². The molecule has 1 fully saturated rings. The summed E-state index contributed by atoms with van der Waals surface area (Å²) in [6.07, 6.45) is 5.32. The number of rotatable bonds is 3. The van der Waals surface area contributed by atoms with Gasteiger partial charge in [0.15, 0.2) is 11.7 Å². The fraction of sp³-hybridized carbons (Fsp3) is 0.714. The maximum absolute atomic E-state index is 11.7. The first-order chi connectivity index (χ1) is 8.11. The van der Waals surface area contributed by atoms with Crippen molar-refractivity contribution in [2.45, 2.75) is 58.8 Å². The predicted octanol–water partition coefficient (Wildman–Crippen LogP) is 3.87. The van der Waals surface area contributed by atoms with E-state index in [1.54, 1.807) is 0 Å². The highest BCUT2D eigenvalue weighted by Gasteiger charge is 2.26. The van der Waals surface area contributed by atoms with E-state index in [0.29, 0.717) is 23.8 Å². The summed E-state index contributed by atoms with van der Waals surface area (Å²) >= 11 is 0. The van der Waals surface area contributed by atoms with Crippen molar-refractivity contribution in [1.29, 1.82) is 0 Å². The lowest BCUT2D eigenvalue weighted by atomic mass is 9.82. The molecule has 2 unspecified atom stereocenters. The zero-order valence-electron chi connectivity index (χ0n) is 11.0. The van der Waals surface area contributed by atoms with Crippen LogP contribution in [0.3, 0.4) is 0 Å². The molecule has 1 heterocycles. The van der Waals surface area contributed by atoms with E-state index >= 15 is 0 Å². The zero-order valence-corrected chi connectivity index (χ0v) is 11.0. The monoisotopic (exact) mass is 235 g/mol. The molecule has 1 aromatic rings. The summed E-state index contributed by atoms with van der Waals surface area (Å²) in [7, 11) is 0. The van der Waals surface area contributed by atoms with Crippen LogP contribution in [0, 0.1) is 12.8 Å². The number of hydrogen-bond acceptors (Lipinski definition) is 3. The van der Waals surface area contributed by atoms with Crippen LogP contribution in [-0.2, 0) is 0 Å². The summed E-state index contributed by atoms with van der Waals surface area (Å²) in [5.74, 6) is 2.71. The third-order valence-electron chi connectivity index (χ3n) is 3.68. The Hall–Kier alpha value is -1.12. The molecule has 0 saturated heterocycles. The molecule has 1 saturated carbocycles. The third kappa shape index (κ3) is 2.59. The molecule has 0 bridgehead atoms. The van der Waals surface area contributed by atoms with Gasteiger partial charge in [0.05, 0.1) is 0 Å². The van der Waals surface area contributed by atoms with Crippen LogP contribution in [0.15, 0.2) is 4.42 Å². The van der Waals surface area contributed by atoms with E-state index in [9.17, 15) is 4.79 Å². The van der Waals surface area contributed by atoms with Crippen LogP contribution in [0.25, 0.3) is 0 Å². The van der Waals surface area contributed by atoms with E-state index in [1.165, 1.54) is 12.8 Å². The summed E-state index contributed by atoms with van der Waals surface area (Å²) < 4.78 is 5.69. The standard InChI is InChI=1S/C14H21NO2/c1-4-12(16)13-10(3)17-14(15-13)11-7-5-6-9(2)8-11/h9,11H,4-8H2,1-3H3. The lowest BCUT2D eigenvalue weighted by Gasteiger charge is -2.24. The van der Waals surface area contributed by atoms with Gasteiger partial charge >= 0.3 is 0 Å². The molecule has 3 heteroatoms. The molecule has 3 nitrogen and oxygen atoms in total. The van der Waals surface area contributed by atoms with Crippen molar-refractivity contribution >= 4 is 5.78 Å². The second kappa shape index (κ2) is 5.03. The summed E-state index contributed by atoms with van der Waals surface area (Å²) in [4.78, 5) is 16.1. The average Bonchev–Trinajstić information content (AvgIpc) is 2.70. The third-order valence-corrected chi connectivity index (χ3v) is 3.68. The Balaban J connectivity index is 2.19. The molecule has 0 radical (unpaired) electrons. The highest BCUT2D eigenvalue weighted by atomic mass is 16.4. The van der Waals surface area contributed by atoms with E-state index in [0.717, 1.165) is 24.7 Å². The minimum Gasteiger partial charge on any atom is -0.445 e. The average molecular weight is 235 g/mol. The number of oxazole rings is 1. The van der Waals surface area contributed by atoms with Gasteiger partial charge < -0.3 is 4.42 Å². The number of Topliss-reactive ketones (excluding diaryl/α,β-unsaturated/α-hetero) is 1. The second-order valence-corrected chi connectivity index (χ2v) is 5.20. The number of nitrogens with zero attached hydrogens (tertiary/aromatic N) is 1. The first-order valence-electron chi connectivity index (χ1n) is 6.62. The van der Waals surface area contributed by atoms with Crippen molar-refractivity contribution in [3.05, 3.63) is 17.3 Å². The zero-order chi connectivity index (χ0) is 12.4. The molecule has 1 aliphatic rings. The van der Waals surface area contributed by atoms with Gasteiger partial charge in [-0.3, -0.25) is 4.79 Å². The lowest BCUT2D eigenvalue weighted by Crippen LogP contribution is -2.12. The molecular weight excluding hydrogens is 214 g/mol. The van der Waals surface area contributed by atoms with Gasteiger partial charge in [-0.15, -0.1) is 0 Å². The number of ketones is 1. The Kier molecular flexibility index (Phi) is 3.65. The largest absolute Gasteiger partial charge is 0.445 e. The molecule has 1 aliphatic carbocycles. The Morgan fingerprint density at radius 1 is 1.47 bits per heavy atom. The van der Waals surface area contributed by atoms with Gasteiger partial charge in [-0.2, -0.15) is 0 Å². The molecule has 2 atom stereocenters. The van der Waals surface area contributed by atoms with Crippen molar-refractivity contribution in [3.63, 3.8) is 0 Å². The van der Waals surface area contributed by atoms with Gasteiger partial charge in [-0.1, -0.05) is 26.7 Å². The number of hydrogen-bond donors (Lipinski definition) is 0. The summed E-state index contributed by atoms with van der Waals surface area (Å²) in [6, 6.07) is 0. The molecule has 94 valence electrons. The van der Waals surface area contributed by atoms with Gasteiger partial charge in [-0.25, -0.2) is 4.98 Å². The van der Waals surface area contributed by atoms with Gasteiger partial charge in [0.1, 0.15) is 11.5 Å². The molecule has 0 spiro atoms. The summed E-state index contributed by atoms with van der Waals surface area (Å²) in [6.45, 7) is 5.98. The van der Waals surface area contributed by atoms with E-state index in [2.05, 4.69) is 11.9 Å². The van der Waals surface area contributed by atoms with E-state index in [1.807, 2.05) is 13.8 Å². The van der Waals surface area contributed by atoms with Gasteiger partial charge in [0.2, 0.25) is 0 Å². The van der Waals surface area contributed by atoms with Crippen molar-refractivity contribution in [2.24, 2.45) is 5.92 Å². The molecule has 0 aliphatic heterocycles. The molecular formula is C14H21NO2. The SMILES string of the molecule is CCC(=O)c1nc(C2CCCC(C)C2)oc1C. The minimum absolute atomic E-state index is 0.0846. The smallest absolute Gasteiger partial charge is 0.198 e. The predicted molar refractivity (Wildman–Crippen MR) is 66.2 cm³/mol. The Morgan fingerprint density at radius 2 is 2.24 bits per heavy atom. The van der Waals surface area contributed by atoms with E-state index < -0.39 is 0 Å². The van der Waals surface area contributed by atoms with Crippen molar-refractivity contribution in [3.8, 4) is 0 Å². The van der Waals surface area contributed by atoms with Crippen LogP contribution in [0.5, 0.6) is 0 Å². The van der Waals surface area contributed by atoms with Crippen molar-refractivity contribution < 1.29 is 9.21 Å². The van der Waals surface area contributed by atoms with Crippen molar-refractivity contribution in [1.82, 2.24) is 4.98 Å². The van der Waals surface area contributed by atoms with Crippen LogP contribution in [0.4, 0.5) is 0 Å². The number of aryl methyl sites for hydroxylation is 1. The van der Waals surface area contributed by atoms with E-state index in [-0.39, 0.29) is 5.78 Å². The highest BCUT2D eigenvalue weighted by molar-refractivity contribution is 5.94. The molecule has 0 amide bonds. The number of carbonyl (C=O) groups excluding carboxylic acids is 1. The topological polar surface area (TPSA) is 43.1 Å². The minimum atomic E-state index is 0.0846. The van der Waals surface area contributed by atoms with Gasteiger partial charge in [0.25, 0.3) is 0 Å². The highest BCUT2D eigenvalue weighted by Crippen LogP contribution is 2.36. The Morgan fingerprint density at radius 3 is 2.88 bits per heavy atom. The van der Waals surface area contributed by atoms with E-state index in [4.69, 9.17) is 4.42 Å². The fourth-order valence-corrected chi connectivity index (χ4v) is 2.68. The molecule has 0 aromatic carbocycles. The van der Waals surface area contributed by atoms with Crippen molar-refractivity contribution in [2.75, 3.05) is 0 Å². The normalized spacial score (nSPS) is 24.9. The number of carbonyl (C=O) groups is 1. The molecule has 17 heavy (non-hydrogen) atoms. The second-order valence-electron chi connectivity index (χ2n) is 5.20. The van der Waals surface area contributed by atoms with Gasteiger partial charge in [0, 0.05) is 12.3 Å². The quantitative estimate of drug-likeness (QED) is 0.747. The Labute approximate surface area is 103 Å². The molecule has 1 aromatic heterocycles. The first-order valence-corrected chi connectivity index (χ1v) is 6.62. The maximum atomic E-state index is 11.7. The number of aromatic nitrogens is 1. The van der Waals surface area contributed by atoms with Crippen LogP contribution in [-0.4, -0.2) is 10.8 Å². The fourth-order valence-electron chi connectivity index (χ4n) is 2.68. The van der Waals surface area contributed by atoms with Crippen LogP contribution in [0.1, 0.15) is 74.0 Å². The Bertz CT molecular complexity index is 408. The summed E-state index contributed by atoms with van der Waals surface area (Å²) in [5, 5.41) is 0. The maximum Gasteiger partial charge on any atom is 0.198 e. The summed E-state index contributed by atoms with van der Waals surface area (Å²) in [5.41, 5.74) is 0.542. The first kappa shape index (κ1) is 12.3. The lowest BCUT2D eigenvalue weighted by molar-refractivity contribution is 0.0982. The van der Waals surface area contributed by atoms with Crippen LogP contribution >= 0.6 is 0 Å². The van der Waals surface area contributed by atoms with Gasteiger partial charge in [-0.05, 0) is 25.7 Å². The molecule has 0 N–H and O–H groups in total.